The molecule has 2 N–H and O–H groups in total. The molecule has 0 unspecified atom stereocenters. The molecular formula is C15H14FNO2. The van der Waals surface area contributed by atoms with Gasteiger partial charge in [-0.3, -0.25) is 0 Å². The number of hydrogen-bond donors (Lipinski definition) is 2. The van der Waals surface area contributed by atoms with Crippen molar-refractivity contribution in [2.45, 2.75) is 13.5 Å². The molecule has 2 aromatic carbocycles. The Morgan fingerprint density at radius 2 is 2.05 bits per heavy atom. The van der Waals surface area contributed by atoms with E-state index in [0.717, 1.165) is 17.2 Å². The van der Waals surface area contributed by atoms with Crippen molar-refractivity contribution in [3.63, 3.8) is 0 Å². The number of carboxylic acid groups (broad SMARTS) is 1. The molecule has 3 nitrogen and oxygen atoms in total. The molecular weight excluding hydrogens is 245 g/mol. The molecule has 0 saturated heterocycles. The molecule has 0 spiro atoms. The third kappa shape index (κ3) is 3.31. The highest BCUT2D eigenvalue weighted by atomic mass is 19.1. The van der Waals surface area contributed by atoms with Crippen molar-refractivity contribution < 1.29 is 14.3 Å². The van der Waals surface area contributed by atoms with Crippen LogP contribution >= 0.6 is 0 Å². The van der Waals surface area contributed by atoms with Crippen molar-refractivity contribution in [1.29, 1.82) is 0 Å². The Morgan fingerprint density at radius 3 is 2.68 bits per heavy atom. The Morgan fingerprint density at radius 1 is 1.26 bits per heavy atom. The first-order chi connectivity index (χ1) is 9.06. The molecule has 0 atom stereocenters. The van der Waals surface area contributed by atoms with E-state index in [9.17, 15) is 9.18 Å². The van der Waals surface area contributed by atoms with Gasteiger partial charge in [0, 0.05) is 6.54 Å². The summed E-state index contributed by atoms with van der Waals surface area (Å²) in [6, 6.07) is 11.7. The summed E-state index contributed by atoms with van der Waals surface area (Å²) in [6.45, 7) is 2.48. The number of aromatic carboxylic acids is 1. The topological polar surface area (TPSA) is 49.3 Å². The van der Waals surface area contributed by atoms with Crippen LogP contribution in [0.4, 0.5) is 10.1 Å². The minimum absolute atomic E-state index is 0.0568. The number of anilines is 1. The molecule has 0 aliphatic carbocycles. The lowest BCUT2D eigenvalue weighted by Gasteiger charge is -2.08. The van der Waals surface area contributed by atoms with Gasteiger partial charge in [-0.25, -0.2) is 9.18 Å². The Labute approximate surface area is 110 Å². The van der Waals surface area contributed by atoms with Crippen molar-refractivity contribution in [2.24, 2.45) is 0 Å². The molecule has 0 aromatic heterocycles. The average Bonchev–Trinajstić information content (AvgIpc) is 2.37. The lowest BCUT2D eigenvalue weighted by Crippen LogP contribution is -2.03. The van der Waals surface area contributed by atoms with E-state index in [-0.39, 0.29) is 5.56 Å². The predicted octanol–water partition coefficient (Wildman–Crippen LogP) is 3.44. The van der Waals surface area contributed by atoms with Gasteiger partial charge in [0.15, 0.2) is 0 Å². The highest BCUT2D eigenvalue weighted by molar-refractivity contribution is 5.88. The Kier molecular flexibility index (Phi) is 3.80. The summed E-state index contributed by atoms with van der Waals surface area (Å²) in [5.74, 6) is -1.70. The van der Waals surface area contributed by atoms with Crippen LogP contribution < -0.4 is 5.32 Å². The smallest absolute Gasteiger partial charge is 0.335 e. The van der Waals surface area contributed by atoms with E-state index in [1.807, 2.05) is 31.2 Å². The first kappa shape index (κ1) is 13.1. The number of nitrogens with one attached hydrogen (secondary N) is 1. The highest BCUT2D eigenvalue weighted by Gasteiger charge is 2.07. The maximum absolute atomic E-state index is 13.7. The van der Waals surface area contributed by atoms with Gasteiger partial charge < -0.3 is 10.4 Å². The number of benzene rings is 2. The number of carbonyl (C=O) groups is 1. The van der Waals surface area contributed by atoms with E-state index in [1.165, 1.54) is 12.1 Å². The van der Waals surface area contributed by atoms with Gasteiger partial charge >= 0.3 is 5.97 Å². The van der Waals surface area contributed by atoms with E-state index < -0.39 is 11.8 Å². The van der Waals surface area contributed by atoms with Gasteiger partial charge in [0.05, 0.1) is 11.3 Å². The monoisotopic (exact) mass is 259 g/mol. The lowest BCUT2D eigenvalue weighted by atomic mass is 10.1. The molecule has 19 heavy (non-hydrogen) atoms. The maximum Gasteiger partial charge on any atom is 0.335 e. The quantitative estimate of drug-likeness (QED) is 0.884. The Bertz CT molecular complexity index is 611. The third-order valence-corrected chi connectivity index (χ3v) is 2.78. The van der Waals surface area contributed by atoms with Crippen LogP contribution in [0.25, 0.3) is 0 Å². The fraction of sp³-hybridized carbons (Fsp3) is 0.133. The normalized spacial score (nSPS) is 10.2. The molecule has 2 rings (SSSR count). The van der Waals surface area contributed by atoms with Gasteiger partial charge in [-0.1, -0.05) is 29.8 Å². The molecule has 0 bridgehead atoms. The second-order valence-corrected chi connectivity index (χ2v) is 4.34. The number of rotatable bonds is 4. The molecule has 2 aromatic rings. The molecule has 0 fully saturated rings. The van der Waals surface area contributed by atoms with Gasteiger partial charge in [-0.15, -0.1) is 0 Å². The van der Waals surface area contributed by atoms with E-state index in [2.05, 4.69) is 5.32 Å². The summed E-state index contributed by atoms with van der Waals surface area (Å²) in [4.78, 5) is 10.7. The molecule has 0 heterocycles. The average molecular weight is 259 g/mol. The van der Waals surface area contributed by atoms with Crippen LogP contribution in [0.3, 0.4) is 0 Å². The molecule has 0 radical (unpaired) electrons. The maximum atomic E-state index is 13.7. The van der Waals surface area contributed by atoms with Crippen molar-refractivity contribution in [3.8, 4) is 0 Å². The zero-order valence-electron chi connectivity index (χ0n) is 10.5. The standard InChI is InChI=1S/C15H14FNO2/c1-10-3-2-4-11(7-10)9-17-14-6-5-12(15(18)19)8-13(14)16/h2-8,17H,9H2,1H3,(H,18,19). The number of hydrogen-bond acceptors (Lipinski definition) is 2. The zero-order valence-corrected chi connectivity index (χ0v) is 10.5. The predicted molar refractivity (Wildman–Crippen MR) is 71.9 cm³/mol. The van der Waals surface area contributed by atoms with Crippen LogP contribution in [0.1, 0.15) is 21.5 Å². The van der Waals surface area contributed by atoms with Gasteiger partial charge in [0.2, 0.25) is 0 Å². The minimum Gasteiger partial charge on any atom is -0.478 e. The number of aryl methyl sites for hydroxylation is 1. The summed E-state index contributed by atoms with van der Waals surface area (Å²) < 4.78 is 13.7. The largest absolute Gasteiger partial charge is 0.478 e. The molecule has 0 saturated carbocycles. The molecule has 0 aliphatic heterocycles. The second-order valence-electron chi connectivity index (χ2n) is 4.34. The first-order valence-electron chi connectivity index (χ1n) is 5.88. The fourth-order valence-electron chi connectivity index (χ4n) is 1.81. The van der Waals surface area contributed by atoms with Gasteiger partial charge in [-0.05, 0) is 30.7 Å². The highest BCUT2D eigenvalue weighted by Crippen LogP contribution is 2.17. The van der Waals surface area contributed by atoms with Crippen molar-refractivity contribution >= 4 is 11.7 Å². The van der Waals surface area contributed by atoms with Gasteiger partial charge in [0.1, 0.15) is 5.82 Å². The summed E-state index contributed by atoms with van der Waals surface area (Å²) in [5.41, 5.74) is 2.42. The van der Waals surface area contributed by atoms with Crippen LogP contribution in [0.2, 0.25) is 0 Å². The van der Waals surface area contributed by atoms with Gasteiger partial charge in [-0.2, -0.15) is 0 Å². The van der Waals surface area contributed by atoms with Crippen LogP contribution in [-0.4, -0.2) is 11.1 Å². The second kappa shape index (κ2) is 5.52. The van der Waals surface area contributed by atoms with Crippen molar-refractivity contribution in [1.82, 2.24) is 0 Å². The summed E-state index contributed by atoms with van der Waals surface area (Å²) in [6.07, 6.45) is 0. The molecule has 98 valence electrons. The van der Waals surface area contributed by atoms with E-state index in [0.29, 0.717) is 12.2 Å². The molecule has 0 aliphatic rings. The summed E-state index contributed by atoms with van der Waals surface area (Å²) in [7, 11) is 0. The van der Waals surface area contributed by atoms with Crippen LogP contribution in [0.15, 0.2) is 42.5 Å². The minimum atomic E-state index is -1.14. The van der Waals surface area contributed by atoms with Gasteiger partial charge in [0.25, 0.3) is 0 Å². The van der Waals surface area contributed by atoms with E-state index in [4.69, 9.17) is 5.11 Å². The fourth-order valence-corrected chi connectivity index (χ4v) is 1.81. The molecule has 0 amide bonds. The van der Waals surface area contributed by atoms with E-state index >= 15 is 0 Å². The number of carboxylic acids is 1. The lowest BCUT2D eigenvalue weighted by molar-refractivity contribution is 0.0696. The first-order valence-corrected chi connectivity index (χ1v) is 5.88. The molecule has 4 heteroatoms. The van der Waals surface area contributed by atoms with E-state index in [1.54, 1.807) is 0 Å². The zero-order chi connectivity index (χ0) is 13.8. The Balaban J connectivity index is 2.10. The summed E-state index contributed by atoms with van der Waals surface area (Å²) >= 11 is 0. The van der Waals surface area contributed by atoms with Crippen molar-refractivity contribution in [2.75, 3.05) is 5.32 Å². The SMILES string of the molecule is Cc1cccc(CNc2ccc(C(=O)O)cc2F)c1. The Hall–Kier alpha value is -2.36. The van der Waals surface area contributed by atoms with Crippen LogP contribution in [-0.2, 0) is 6.54 Å². The van der Waals surface area contributed by atoms with Crippen LogP contribution in [0.5, 0.6) is 0 Å². The van der Waals surface area contributed by atoms with Crippen molar-refractivity contribution in [3.05, 3.63) is 65.0 Å². The van der Waals surface area contributed by atoms with Crippen LogP contribution in [0, 0.1) is 12.7 Å². The third-order valence-electron chi connectivity index (χ3n) is 2.78. The number of halogens is 1. The summed E-state index contributed by atoms with van der Waals surface area (Å²) in [5, 5.41) is 11.7.